The highest BCUT2D eigenvalue weighted by atomic mass is 35.5. The Kier molecular flexibility index (Phi) is 4.73. The molecule has 1 heterocycles. The van der Waals surface area contributed by atoms with Gasteiger partial charge in [-0.1, -0.05) is 42.8 Å². The molecule has 3 heteroatoms. The van der Waals surface area contributed by atoms with Crippen molar-refractivity contribution in [1.29, 1.82) is 0 Å². The average Bonchev–Trinajstić information content (AvgIpc) is 2.42. The molecule has 1 atom stereocenters. The van der Waals surface area contributed by atoms with Crippen LogP contribution in [0.25, 0.3) is 0 Å². The Morgan fingerprint density at radius 2 is 2.06 bits per heavy atom. The van der Waals surface area contributed by atoms with Gasteiger partial charge in [-0.3, -0.25) is 4.98 Å². The van der Waals surface area contributed by atoms with Crippen LogP contribution in [0.1, 0.15) is 30.5 Å². The zero-order valence-corrected chi connectivity index (χ0v) is 11.2. The Hall–Kier alpha value is -1.38. The molecule has 0 radical (unpaired) electrons. The van der Waals surface area contributed by atoms with Crippen LogP contribution in [0.2, 0.25) is 5.02 Å². The standard InChI is InChI=1S/C15H17ClN2/c1-2-9-18-15(12-6-5-10-17-11-12)13-7-3-4-8-14(13)16/h3-8,10-11,15,18H,2,9H2,1H3. The predicted molar refractivity (Wildman–Crippen MR) is 75.8 cm³/mol. The van der Waals surface area contributed by atoms with Gasteiger partial charge in [-0.25, -0.2) is 0 Å². The first-order chi connectivity index (χ1) is 8.83. The molecule has 18 heavy (non-hydrogen) atoms. The summed E-state index contributed by atoms with van der Waals surface area (Å²) in [5, 5.41) is 4.31. The first-order valence-corrected chi connectivity index (χ1v) is 6.58. The second-order valence-corrected chi connectivity index (χ2v) is 4.60. The lowest BCUT2D eigenvalue weighted by atomic mass is 10.00. The Bertz CT molecular complexity index is 485. The first-order valence-electron chi connectivity index (χ1n) is 6.20. The number of aromatic nitrogens is 1. The number of benzene rings is 1. The Labute approximate surface area is 113 Å². The summed E-state index contributed by atoms with van der Waals surface area (Å²) in [6.45, 7) is 3.10. The largest absolute Gasteiger partial charge is 0.306 e. The molecule has 0 fully saturated rings. The van der Waals surface area contributed by atoms with E-state index in [-0.39, 0.29) is 6.04 Å². The van der Waals surface area contributed by atoms with E-state index >= 15 is 0 Å². The molecular weight excluding hydrogens is 244 g/mol. The maximum Gasteiger partial charge on any atom is 0.0606 e. The van der Waals surface area contributed by atoms with Gasteiger partial charge in [-0.2, -0.15) is 0 Å². The molecule has 2 nitrogen and oxygen atoms in total. The number of hydrogen-bond acceptors (Lipinski definition) is 2. The monoisotopic (exact) mass is 260 g/mol. The summed E-state index contributed by atoms with van der Waals surface area (Å²) in [4.78, 5) is 4.19. The molecule has 1 aromatic carbocycles. The topological polar surface area (TPSA) is 24.9 Å². The molecule has 1 N–H and O–H groups in total. The zero-order valence-electron chi connectivity index (χ0n) is 10.4. The first kappa shape index (κ1) is 13.1. The molecule has 0 bridgehead atoms. The molecule has 0 amide bonds. The van der Waals surface area contributed by atoms with Crippen LogP contribution >= 0.6 is 11.6 Å². The van der Waals surface area contributed by atoms with E-state index in [0.717, 1.165) is 29.1 Å². The van der Waals surface area contributed by atoms with E-state index in [4.69, 9.17) is 11.6 Å². The molecule has 0 saturated heterocycles. The molecule has 0 spiro atoms. The highest BCUT2D eigenvalue weighted by molar-refractivity contribution is 6.31. The van der Waals surface area contributed by atoms with Crippen molar-refractivity contribution < 1.29 is 0 Å². The Morgan fingerprint density at radius 1 is 1.22 bits per heavy atom. The van der Waals surface area contributed by atoms with Crippen molar-refractivity contribution >= 4 is 11.6 Å². The van der Waals surface area contributed by atoms with Gasteiger partial charge in [0.2, 0.25) is 0 Å². The SMILES string of the molecule is CCCNC(c1cccnc1)c1ccccc1Cl. The molecule has 1 aromatic heterocycles. The van der Waals surface area contributed by atoms with Crippen LogP contribution < -0.4 is 5.32 Å². The maximum atomic E-state index is 6.29. The van der Waals surface area contributed by atoms with Crippen LogP contribution in [-0.2, 0) is 0 Å². The van der Waals surface area contributed by atoms with Crippen LogP contribution in [-0.4, -0.2) is 11.5 Å². The van der Waals surface area contributed by atoms with Crippen molar-refractivity contribution in [1.82, 2.24) is 10.3 Å². The molecule has 2 rings (SSSR count). The summed E-state index contributed by atoms with van der Waals surface area (Å²) in [7, 11) is 0. The van der Waals surface area contributed by atoms with Gasteiger partial charge in [0.25, 0.3) is 0 Å². The predicted octanol–water partition coefficient (Wildman–Crippen LogP) is 3.82. The minimum absolute atomic E-state index is 0.104. The van der Waals surface area contributed by atoms with Gasteiger partial charge in [0.1, 0.15) is 0 Å². The fraction of sp³-hybridized carbons (Fsp3) is 0.267. The van der Waals surface area contributed by atoms with Gasteiger partial charge >= 0.3 is 0 Å². The number of halogens is 1. The number of pyridine rings is 1. The second-order valence-electron chi connectivity index (χ2n) is 4.20. The van der Waals surface area contributed by atoms with Crippen molar-refractivity contribution in [2.24, 2.45) is 0 Å². The smallest absolute Gasteiger partial charge is 0.0606 e. The average molecular weight is 261 g/mol. The van der Waals surface area contributed by atoms with Crippen LogP contribution in [0, 0.1) is 0 Å². The van der Waals surface area contributed by atoms with E-state index in [1.165, 1.54) is 0 Å². The van der Waals surface area contributed by atoms with Gasteiger partial charge in [-0.05, 0) is 36.2 Å². The summed E-state index contributed by atoms with van der Waals surface area (Å²) in [5.74, 6) is 0. The molecule has 0 aliphatic heterocycles. The summed E-state index contributed by atoms with van der Waals surface area (Å²) >= 11 is 6.29. The van der Waals surface area contributed by atoms with Crippen molar-refractivity contribution in [3.63, 3.8) is 0 Å². The molecule has 94 valence electrons. The molecule has 0 aliphatic rings. The molecule has 2 aromatic rings. The van der Waals surface area contributed by atoms with Crippen molar-refractivity contribution in [2.75, 3.05) is 6.54 Å². The number of nitrogens with zero attached hydrogens (tertiary/aromatic N) is 1. The van der Waals surface area contributed by atoms with Crippen LogP contribution in [0.5, 0.6) is 0 Å². The lowest BCUT2D eigenvalue weighted by molar-refractivity contribution is 0.597. The summed E-state index contributed by atoms with van der Waals surface area (Å²) in [6.07, 6.45) is 4.75. The van der Waals surface area contributed by atoms with Gasteiger partial charge < -0.3 is 5.32 Å². The van der Waals surface area contributed by atoms with Gasteiger partial charge in [-0.15, -0.1) is 0 Å². The van der Waals surface area contributed by atoms with E-state index in [0.29, 0.717) is 0 Å². The number of hydrogen-bond donors (Lipinski definition) is 1. The Morgan fingerprint density at radius 3 is 2.72 bits per heavy atom. The normalized spacial score (nSPS) is 12.3. The summed E-state index contributed by atoms with van der Waals surface area (Å²) in [5.41, 5.74) is 2.24. The van der Waals surface area contributed by atoms with E-state index in [1.807, 2.05) is 30.5 Å². The molecule has 0 saturated carbocycles. The van der Waals surface area contributed by atoms with Crippen LogP contribution in [0.4, 0.5) is 0 Å². The van der Waals surface area contributed by atoms with Crippen LogP contribution in [0.15, 0.2) is 48.8 Å². The molecule has 1 unspecified atom stereocenters. The van der Waals surface area contributed by atoms with E-state index in [9.17, 15) is 0 Å². The third-order valence-corrected chi connectivity index (χ3v) is 3.18. The van der Waals surface area contributed by atoms with Crippen LogP contribution in [0.3, 0.4) is 0 Å². The summed E-state index contributed by atoms with van der Waals surface area (Å²) < 4.78 is 0. The highest BCUT2D eigenvalue weighted by Crippen LogP contribution is 2.27. The molecule has 0 aliphatic carbocycles. The maximum absolute atomic E-state index is 6.29. The fourth-order valence-corrected chi connectivity index (χ4v) is 2.20. The van der Waals surface area contributed by atoms with E-state index in [1.54, 1.807) is 6.20 Å². The van der Waals surface area contributed by atoms with E-state index in [2.05, 4.69) is 29.4 Å². The minimum atomic E-state index is 0.104. The second kappa shape index (κ2) is 6.53. The fourth-order valence-electron chi connectivity index (χ4n) is 1.95. The third-order valence-electron chi connectivity index (χ3n) is 2.83. The number of nitrogens with one attached hydrogen (secondary N) is 1. The third kappa shape index (κ3) is 3.09. The lowest BCUT2D eigenvalue weighted by Gasteiger charge is -2.20. The summed E-state index contributed by atoms with van der Waals surface area (Å²) in [6, 6.07) is 12.1. The number of rotatable bonds is 5. The van der Waals surface area contributed by atoms with Gasteiger partial charge in [0.15, 0.2) is 0 Å². The van der Waals surface area contributed by atoms with Gasteiger partial charge in [0.05, 0.1) is 6.04 Å². The molecular formula is C15H17ClN2. The van der Waals surface area contributed by atoms with Crippen molar-refractivity contribution in [3.8, 4) is 0 Å². The van der Waals surface area contributed by atoms with Gasteiger partial charge in [0, 0.05) is 17.4 Å². The van der Waals surface area contributed by atoms with E-state index < -0.39 is 0 Å². The quantitative estimate of drug-likeness (QED) is 0.884. The Balaban J connectivity index is 2.34. The lowest BCUT2D eigenvalue weighted by Crippen LogP contribution is -2.23. The zero-order chi connectivity index (χ0) is 12.8. The highest BCUT2D eigenvalue weighted by Gasteiger charge is 2.15. The van der Waals surface area contributed by atoms with Crippen molar-refractivity contribution in [2.45, 2.75) is 19.4 Å². The minimum Gasteiger partial charge on any atom is -0.306 e. The van der Waals surface area contributed by atoms with Crippen molar-refractivity contribution in [3.05, 3.63) is 64.9 Å².